The Balaban J connectivity index is 2.32. The van der Waals surface area contributed by atoms with Gasteiger partial charge in [-0.25, -0.2) is 13.4 Å². The lowest BCUT2D eigenvalue weighted by molar-refractivity contribution is 0.101. The third-order valence-electron chi connectivity index (χ3n) is 3.57. The van der Waals surface area contributed by atoms with Crippen LogP contribution in [0.2, 0.25) is 0 Å². The molecule has 0 spiro atoms. The van der Waals surface area contributed by atoms with Gasteiger partial charge < -0.3 is 15.0 Å². The van der Waals surface area contributed by atoms with E-state index in [1.165, 1.54) is 39.5 Å². The van der Waals surface area contributed by atoms with E-state index in [1.807, 2.05) is 0 Å². The summed E-state index contributed by atoms with van der Waals surface area (Å²) in [5.74, 6) is -0.722. The van der Waals surface area contributed by atoms with Crippen molar-refractivity contribution >= 4 is 21.7 Å². The molecule has 0 unspecified atom stereocenters. The topological polar surface area (TPSA) is 105 Å². The number of aromatic hydroxyl groups is 1. The van der Waals surface area contributed by atoms with Gasteiger partial charge in [0.25, 0.3) is 5.91 Å². The van der Waals surface area contributed by atoms with Crippen molar-refractivity contribution in [2.75, 3.05) is 18.4 Å². The van der Waals surface area contributed by atoms with Crippen LogP contribution in [0, 0.1) is 0 Å². The predicted octanol–water partition coefficient (Wildman–Crippen LogP) is 1.41. The Morgan fingerprint density at radius 2 is 2.04 bits per heavy atom. The van der Waals surface area contributed by atoms with Crippen molar-refractivity contribution in [2.24, 2.45) is 7.05 Å². The van der Waals surface area contributed by atoms with Gasteiger partial charge in [-0.15, -0.1) is 0 Å². The standard InChI is InChI=1S/C15H20N4O4S/c1-4-19(5-2)24(22,23)11-9-12(18(3)10-11)15(21)17-14-13(20)7-6-8-16-14/h6-10,20H,4-5H2,1-3H3,(H,16,17,21). The molecule has 2 N–H and O–H groups in total. The minimum atomic E-state index is -3.65. The molecule has 0 aliphatic carbocycles. The number of pyridine rings is 1. The van der Waals surface area contributed by atoms with Gasteiger partial charge in [-0.2, -0.15) is 4.31 Å². The van der Waals surface area contributed by atoms with Crippen molar-refractivity contribution in [3.63, 3.8) is 0 Å². The second kappa shape index (κ2) is 7.02. The van der Waals surface area contributed by atoms with E-state index in [-0.39, 0.29) is 22.2 Å². The van der Waals surface area contributed by atoms with E-state index < -0.39 is 15.9 Å². The molecule has 1 amide bonds. The summed E-state index contributed by atoms with van der Waals surface area (Å²) in [6.07, 6.45) is 2.82. The first-order valence-corrected chi connectivity index (χ1v) is 8.87. The van der Waals surface area contributed by atoms with E-state index in [1.54, 1.807) is 20.9 Å². The smallest absolute Gasteiger partial charge is 0.273 e. The van der Waals surface area contributed by atoms with Crippen molar-refractivity contribution in [3.8, 4) is 5.75 Å². The number of amides is 1. The molecule has 9 heteroatoms. The monoisotopic (exact) mass is 352 g/mol. The van der Waals surface area contributed by atoms with Gasteiger partial charge in [0, 0.05) is 32.5 Å². The average molecular weight is 352 g/mol. The first-order chi connectivity index (χ1) is 11.3. The number of nitrogens with zero attached hydrogens (tertiary/aromatic N) is 3. The zero-order valence-corrected chi connectivity index (χ0v) is 14.5. The van der Waals surface area contributed by atoms with Crippen molar-refractivity contribution < 1.29 is 18.3 Å². The van der Waals surface area contributed by atoms with E-state index in [0.29, 0.717) is 13.1 Å². The molecule has 0 aliphatic heterocycles. The third-order valence-corrected chi connectivity index (χ3v) is 5.59. The molecule has 2 aromatic rings. The van der Waals surface area contributed by atoms with E-state index in [2.05, 4.69) is 10.3 Å². The van der Waals surface area contributed by atoms with Crippen LogP contribution in [0.3, 0.4) is 0 Å². The lowest BCUT2D eigenvalue weighted by Gasteiger charge is -2.17. The quantitative estimate of drug-likeness (QED) is 0.818. The largest absolute Gasteiger partial charge is 0.504 e. The van der Waals surface area contributed by atoms with Crippen LogP contribution in [-0.2, 0) is 17.1 Å². The van der Waals surface area contributed by atoms with E-state index in [9.17, 15) is 18.3 Å². The minimum absolute atomic E-state index is 0.0110. The molecule has 2 heterocycles. The van der Waals surface area contributed by atoms with Crippen LogP contribution in [0.15, 0.2) is 35.5 Å². The Morgan fingerprint density at radius 1 is 1.38 bits per heavy atom. The highest BCUT2D eigenvalue weighted by molar-refractivity contribution is 7.89. The zero-order chi connectivity index (χ0) is 17.9. The molecular formula is C15H20N4O4S. The average Bonchev–Trinajstić information content (AvgIpc) is 2.93. The molecule has 0 fully saturated rings. The summed E-state index contributed by atoms with van der Waals surface area (Å²) in [6.45, 7) is 4.19. The summed E-state index contributed by atoms with van der Waals surface area (Å²) >= 11 is 0. The summed E-state index contributed by atoms with van der Waals surface area (Å²) in [5.41, 5.74) is 0.144. The van der Waals surface area contributed by atoms with Crippen LogP contribution >= 0.6 is 0 Å². The van der Waals surface area contributed by atoms with Crippen LogP contribution in [0.5, 0.6) is 5.75 Å². The predicted molar refractivity (Wildman–Crippen MR) is 89.4 cm³/mol. The Kier molecular flexibility index (Phi) is 5.25. The molecule has 8 nitrogen and oxygen atoms in total. The number of nitrogens with one attached hydrogen (secondary N) is 1. The van der Waals surface area contributed by atoms with Crippen LogP contribution in [-0.4, -0.2) is 46.4 Å². The maximum Gasteiger partial charge on any atom is 0.273 e. The minimum Gasteiger partial charge on any atom is -0.504 e. The second-order valence-electron chi connectivity index (χ2n) is 5.09. The SMILES string of the molecule is CCN(CC)S(=O)(=O)c1cc(C(=O)Nc2ncccc2O)n(C)c1. The van der Waals surface area contributed by atoms with Crippen molar-refractivity contribution in [1.82, 2.24) is 13.9 Å². The lowest BCUT2D eigenvalue weighted by atomic mass is 10.3. The highest BCUT2D eigenvalue weighted by atomic mass is 32.2. The first-order valence-electron chi connectivity index (χ1n) is 7.43. The number of hydrogen-bond donors (Lipinski definition) is 2. The van der Waals surface area contributed by atoms with Crippen LogP contribution < -0.4 is 5.32 Å². The molecule has 130 valence electrons. The Morgan fingerprint density at radius 3 is 2.62 bits per heavy atom. The Labute approximate surface area is 140 Å². The van der Waals surface area contributed by atoms with Gasteiger partial charge in [-0.05, 0) is 18.2 Å². The Hall–Kier alpha value is -2.39. The Bertz CT molecular complexity index is 841. The number of aromatic nitrogens is 2. The number of rotatable bonds is 6. The molecule has 2 aromatic heterocycles. The van der Waals surface area contributed by atoms with E-state index in [4.69, 9.17) is 0 Å². The number of hydrogen-bond acceptors (Lipinski definition) is 5. The van der Waals surface area contributed by atoms with Gasteiger partial charge >= 0.3 is 0 Å². The van der Waals surface area contributed by atoms with Gasteiger partial charge in [0.2, 0.25) is 10.0 Å². The lowest BCUT2D eigenvalue weighted by Crippen LogP contribution is -2.30. The van der Waals surface area contributed by atoms with Crippen LogP contribution in [0.4, 0.5) is 5.82 Å². The number of aryl methyl sites for hydroxylation is 1. The summed E-state index contributed by atoms with van der Waals surface area (Å²) in [5, 5.41) is 12.1. The van der Waals surface area contributed by atoms with Crippen molar-refractivity contribution in [2.45, 2.75) is 18.7 Å². The van der Waals surface area contributed by atoms with Gasteiger partial charge in [-0.3, -0.25) is 4.79 Å². The molecule has 0 atom stereocenters. The number of carbonyl (C=O) groups excluding carboxylic acids is 1. The normalized spacial score (nSPS) is 11.7. The van der Waals surface area contributed by atoms with E-state index in [0.717, 1.165) is 0 Å². The summed E-state index contributed by atoms with van der Waals surface area (Å²) in [6, 6.07) is 4.23. The molecule has 0 radical (unpaired) electrons. The van der Waals surface area contributed by atoms with E-state index >= 15 is 0 Å². The van der Waals surface area contributed by atoms with Gasteiger partial charge in [0.1, 0.15) is 10.6 Å². The summed E-state index contributed by atoms with van der Waals surface area (Å²) in [4.78, 5) is 16.3. The first kappa shape index (κ1) is 18.0. The maximum absolute atomic E-state index is 12.5. The maximum atomic E-state index is 12.5. The molecule has 0 saturated carbocycles. The molecule has 2 rings (SSSR count). The summed E-state index contributed by atoms with van der Waals surface area (Å²) in [7, 11) is -2.07. The van der Waals surface area contributed by atoms with Crippen molar-refractivity contribution in [3.05, 3.63) is 36.3 Å². The summed E-state index contributed by atoms with van der Waals surface area (Å²) < 4.78 is 27.8. The fraction of sp³-hybridized carbons (Fsp3) is 0.333. The fourth-order valence-electron chi connectivity index (χ4n) is 2.28. The molecule has 0 aromatic carbocycles. The second-order valence-corrected chi connectivity index (χ2v) is 7.02. The molecule has 0 saturated heterocycles. The van der Waals surface area contributed by atoms with Crippen LogP contribution in [0.25, 0.3) is 0 Å². The number of anilines is 1. The highest BCUT2D eigenvalue weighted by Crippen LogP contribution is 2.22. The zero-order valence-electron chi connectivity index (χ0n) is 13.7. The third kappa shape index (κ3) is 3.41. The van der Waals surface area contributed by atoms with Gasteiger partial charge in [-0.1, -0.05) is 13.8 Å². The molecule has 0 bridgehead atoms. The molecule has 24 heavy (non-hydrogen) atoms. The highest BCUT2D eigenvalue weighted by Gasteiger charge is 2.25. The number of sulfonamides is 1. The van der Waals surface area contributed by atoms with Crippen LogP contribution in [0.1, 0.15) is 24.3 Å². The number of carbonyl (C=O) groups is 1. The van der Waals surface area contributed by atoms with Crippen molar-refractivity contribution in [1.29, 1.82) is 0 Å². The van der Waals surface area contributed by atoms with Gasteiger partial charge in [0.05, 0.1) is 0 Å². The fourth-order valence-corrected chi connectivity index (χ4v) is 3.81. The molecule has 0 aliphatic rings. The van der Waals surface area contributed by atoms with Gasteiger partial charge in [0.15, 0.2) is 11.6 Å². The molecular weight excluding hydrogens is 332 g/mol.